The minimum absolute atomic E-state index is 0.207. The highest BCUT2D eigenvalue weighted by Gasteiger charge is 2.14. The first-order chi connectivity index (χ1) is 9.43. The molecule has 0 aliphatic rings. The molecule has 0 saturated heterocycles. The van der Waals surface area contributed by atoms with Crippen molar-refractivity contribution in [1.82, 2.24) is 0 Å². The zero-order valence-electron chi connectivity index (χ0n) is 13.3. The Labute approximate surface area is 123 Å². The number of hydrogen-bond donors (Lipinski definition) is 0. The lowest BCUT2D eigenvalue weighted by atomic mass is 9.87. The van der Waals surface area contributed by atoms with Crippen molar-refractivity contribution in [3.8, 4) is 0 Å². The van der Waals surface area contributed by atoms with Crippen molar-refractivity contribution < 1.29 is 0 Å². The molecule has 2 aromatic rings. The number of hydrogen-bond acceptors (Lipinski definition) is 1. The smallest absolute Gasteiger partial charge is 0.0440 e. The van der Waals surface area contributed by atoms with Gasteiger partial charge >= 0.3 is 0 Å². The van der Waals surface area contributed by atoms with Crippen molar-refractivity contribution in [3.63, 3.8) is 0 Å². The van der Waals surface area contributed by atoms with Gasteiger partial charge in [-0.05, 0) is 48.6 Å². The summed E-state index contributed by atoms with van der Waals surface area (Å²) in [5.74, 6) is 0. The van der Waals surface area contributed by atoms with Gasteiger partial charge < -0.3 is 4.90 Å². The molecule has 0 bridgehead atoms. The van der Waals surface area contributed by atoms with E-state index in [0.717, 1.165) is 6.54 Å². The first kappa shape index (κ1) is 14.6. The van der Waals surface area contributed by atoms with Gasteiger partial charge in [-0.3, -0.25) is 0 Å². The predicted octanol–water partition coefficient (Wildman–Crippen LogP) is 5.45. The first-order valence-corrected chi connectivity index (χ1v) is 7.37. The zero-order valence-corrected chi connectivity index (χ0v) is 13.3. The first-order valence-electron chi connectivity index (χ1n) is 7.37. The van der Waals surface area contributed by atoms with Crippen LogP contribution in [0.2, 0.25) is 0 Å². The summed E-state index contributed by atoms with van der Waals surface area (Å²) < 4.78 is 0. The number of para-hydroxylation sites is 1. The van der Waals surface area contributed by atoms with E-state index in [2.05, 4.69) is 88.0 Å². The predicted molar refractivity (Wildman–Crippen MR) is 89.0 cm³/mol. The Kier molecular flexibility index (Phi) is 4.17. The van der Waals surface area contributed by atoms with Gasteiger partial charge in [-0.1, -0.05) is 51.1 Å². The Bertz CT molecular complexity index is 561. The summed E-state index contributed by atoms with van der Waals surface area (Å²) in [6.07, 6.45) is 0. The van der Waals surface area contributed by atoms with Crippen LogP contribution in [0.4, 0.5) is 11.4 Å². The Morgan fingerprint density at radius 1 is 0.900 bits per heavy atom. The van der Waals surface area contributed by atoms with Gasteiger partial charge in [0.1, 0.15) is 0 Å². The van der Waals surface area contributed by atoms with E-state index in [9.17, 15) is 0 Å². The maximum Gasteiger partial charge on any atom is 0.0440 e. The van der Waals surface area contributed by atoms with Crippen molar-refractivity contribution in [2.75, 3.05) is 11.4 Å². The highest BCUT2D eigenvalue weighted by atomic mass is 15.1. The second-order valence-corrected chi connectivity index (χ2v) is 6.33. The monoisotopic (exact) mass is 267 g/mol. The molecule has 0 unspecified atom stereocenters. The Morgan fingerprint density at radius 2 is 1.50 bits per heavy atom. The summed E-state index contributed by atoms with van der Waals surface area (Å²) in [6, 6.07) is 17.5. The van der Waals surface area contributed by atoms with E-state index in [4.69, 9.17) is 0 Å². The van der Waals surface area contributed by atoms with Gasteiger partial charge in [0.2, 0.25) is 0 Å². The SMILES string of the molecule is CCN(c1ccc(C(C)(C)C)cc1)c1ccccc1C. The standard InChI is InChI=1S/C19H25N/c1-6-20(18-10-8-7-9-15(18)2)17-13-11-16(12-14-17)19(3,4)5/h7-14H,6H2,1-5H3. The van der Waals surface area contributed by atoms with Crippen LogP contribution in [0.3, 0.4) is 0 Å². The molecular weight excluding hydrogens is 242 g/mol. The third-order valence-electron chi connectivity index (χ3n) is 3.77. The summed E-state index contributed by atoms with van der Waals surface area (Å²) >= 11 is 0. The molecule has 0 aliphatic heterocycles. The maximum absolute atomic E-state index is 2.36. The molecule has 2 aromatic carbocycles. The zero-order chi connectivity index (χ0) is 14.8. The van der Waals surface area contributed by atoms with E-state index in [1.807, 2.05) is 0 Å². The van der Waals surface area contributed by atoms with Gasteiger partial charge in [-0.15, -0.1) is 0 Å². The highest BCUT2D eigenvalue weighted by Crippen LogP contribution is 2.30. The van der Waals surface area contributed by atoms with Gasteiger partial charge in [-0.25, -0.2) is 0 Å². The van der Waals surface area contributed by atoms with Crippen molar-refractivity contribution >= 4 is 11.4 Å². The fraction of sp³-hybridized carbons (Fsp3) is 0.368. The van der Waals surface area contributed by atoms with E-state index >= 15 is 0 Å². The van der Waals surface area contributed by atoms with Gasteiger partial charge in [0, 0.05) is 17.9 Å². The molecule has 1 nitrogen and oxygen atoms in total. The number of aryl methyl sites for hydroxylation is 1. The van der Waals surface area contributed by atoms with Crippen molar-refractivity contribution in [3.05, 3.63) is 59.7 Å². The summed E-state index contributed by atoms with van der Waals surface area (Å²) in [5, 5.41) is 0. The molecule has 0 fully saturated rings. The van der Waals surface area contributed by atoms with E-state index in [1.165, 1.54) is 22.5 Å². The Balaban J connectivity index is 2.36. The van der Waals surface area contributed by atoms with Crippen LogP contribution in [0.1, 0.15) is 38.8 Å². The maximum atomic E-state index is 2.36. The number of benzene rings is 2. The molecule has 1 heteroatoms. The lowest BCUT2D eigenvalue weighted by molar-refractivity contribution is 0.590. The number of anilines is 2. The molecule has 2 rings (SSSR count). The van der Waals surface area contributed by atoms with E-state index < -0.39 is 0 Å². The lowest BCUT2D eigenvalue weighted by Crippen LogP contribution is -2.17. The van der Waals surface area contributed by atoms with Crippen molar-refractivity contribution in [1.29, 1.82) is 0 Å². The lowest BCUT2D eigenvalue weighted by Gasteiger charge is -2.26. The number of nitrogens with zero attached hydrogens (tertiary/aromatic N) is 1. The summed E-state index contributed by atoms with van der Waals surface area (Å²) in [4.78, 5) is 2.36. The molecule has 20 heavy (non-hydrogen) atoms. The van der Waals surface area contributed by atoms with Crippen LogP contribution < -0.4 is 4.90 Å². The summed E-state index contributed by atoms with van der Waals surface area (Å²) in [5.41, 5.74) is 5.45. The fourth-order valence-corrected chi connectivity index (χ4v) is 2.50. The van der Waals surface area contributed by atoms with Gasteiger partial charge in [0.15, 0.2) is 0 Å². The molecule has 0 spiro atoms. The molecule has 0 aromatic heterocycles. The van der Waals surface area contributed by atoms with E-state index in [-0.39, 0.29) is 5.41 Å². The molecule has 0 saturated carbocycles. The second kappa shape index (κ2) is 5.70. The molecular formula is C19H25N. The van der Waals surface area contributed by atoms with Crippen LogP contribution in [0.5, 0.6) is 0 Å². The summed E-state index contributed by atoms with van der Waals surface area (Å²) in [7, 11) is 0. The molecule has 0 radical (unpaired) electrons. The molecule has 106 valence electrons. The quantitative estimate of drug-likeness (QED) is 0.714. The molecule has 0 atom stereocenters. The van der Waals surface area contributed by atoms with Crippen LogP contribution in [0, 0.1) is 6.92 Å². The van der Waals surface area contributed by atoms with Gasteiger partial charge in [-0.2, -0.15) is 0 Å². The van der Waals surface area contributed by atoms with Crippen LogP contribution >= 0.6 is 0 Å². The average molecular weight is 267 g/mol. The third kappa shape index (κ3) is 3.04. The molecule has 0 aliphatic carbocycles. The normalized spacial score (nSPS) is 11.4. The number of rotatable bonds is 3. The largest absolute Gasteiger partial charge is 0.342 e. The van der Waals surface area contributed by atoms with E-state index in [1.54, 1.807) is 0 Å². The minimum Gasteiger partial charge on any atom is -0.342 e. The summed E-state index contributed by atoms with van der Waals surface area (Å²) in [6.45, 7) is 12.1. The van der Waals surface area contributed by atoms with Gasteiger partial charge in [0.25, 0.3) is 0 Å². The molecule has 0 heterocycles. The Morgan fingerprint density at radius 3 is 2.00 bits per heavy atom. The molecule has 0 N–H and O–H groups in total. The molecule has 0 amide bonds. The third-order valence-corrected chi connectivity index (χ3v) is 3.77. The van der Waals surface area contributed by atoms with Crippen LogP contribution in [0.15, 0.2) is 48.5 Å². The fourth-order valence-electron chi connectivity index (χ4n) is 2.50. The van der Waals surface area contributed by atoms with Crippen LogP contribution in [-0.4, -0.2) is 6.54 Å². The van der Waals surface area contributed by atoms with Crippen LogP contribution in [0.25, 0.3) is 0 Å². The van der Waals surface area contributed by atoms with Crippen LogP contribution in [-0.2, 0) is 5.41 Å². The topological polar surface area (TPSA) is 3.24 Å². The van der Waals surface area contributed by atoms with E-state index in [0.29, 0.717) is 0 Å². The van der Waals surface area contributed by atoms with Crippen molar-refractivity contribution in [2.45, 2.75) is 40.0 Å². The van der Waals surface area contributed by atoms with Gasteiger partial charge in [0.05, 0.1) is 0 Å². The minimum atomic E-state index is 0.207. The van der Waals surface area contributed by atoms with Crippen molar-refractivity contribution in [2.24, 2.45) is 0 Å². The highest BCUT2D eigenvalue weighted by molar-refractivity contribution is 5.66. The average Bonchev–Trinajstić information content (AvgIpc) is 2.41. The second-order valence-electron chi connectivity index (χ2n) is 6.33. The Hall–Kier alpha value is -1.76.